The van der Waals surface area contributed by atoms with Gasteiger partial charge < -0.3 is 4.42 Å². The van der Waals surface area contributed by atoms with Gasteiger partial charge in [0.25, 0.3) is 0 Å². The summed E-state index contributed by atoms with van der Waals surface area (Å²) in [5, 5.41) is 9.46. The van der Waals surface area contributed by atoms with Crippen LogP contribution in [-0.2, 0) is 0 Å². The summed E-state index contributed by atoms with van der Waals surface area (Å²) in [5.74, 6) is 0.603. The van der Waals surface area contributed by atoms with Crippen LogP contribution >= 0.6 is 22.7 Å². The van der Waals surface area contributed by atoms with Gasteiger partial charge in [-0.15, -0.1) is 22.7 Å². The maximum Gasteiger partial charge on any atom is 0.238 e. The fourth-order valence-electron chi connectivity index (χ4n) is 7.29. The Hall–Kier alpha value is -5.56. The van der Waals surface area contributed by atoms with E-state index in [0.29, 0.717) is 11.7 Å². The molecule has 6 heteroatoms. The van der Waals surface area contributed by atoms with Crippen LogP contribution in [0.25, 0.3) is 101 Å². The Balaban J connectivity index is 1.29. The molecule has 0 saturated carbocycles. The number of nitrogens with zero attached hydrogens (tertiary/aromatic N) is 3. The summed E-state index contributed by atoms with van der Waals surface area (Å²) in [5.41, 5.74) is 5.53. The summed E-state index contributed by atoms with van der Waals surface area (Å²) in [7, 11) is 0. The van der Waals surface area contributed by atoms with Crippen LogP contribution in [0.5, 0.6) is 0 Å². The van der Waals surface area contributed by atoms with Gasteiger partial charge in [-0.25, -0.2) is 4.98 Å². The molecule has 11 aromatic rings. The van der Waals surface area contributed by atoms with Crippen molar-refractivity contribution in [2.24, 2.45) is 0 Å². The molecule has 5 aromatic heterocycles. The summed E-state index contributed by atoms with van der Waals surface area (Å²) in [6.07, 6.45) is 0. The van der Waals surface area contributed by atoms with Gasteiger partial charge >= 0.3 is 0 Å². The topological polar surface area (TPSA) is 43.9 Å². The molecule has 0 fully saturated rings. The Morgan fingerprint density at radius 2 is 1.13 bits per heavy atom. The van der Waals surface area contributed by atoms with E-state index < -0.39 is 0 Å². The molecule has 0 radical (unpaired) electrons. The summed E-state index contributed by atoms with van der Waals surface area (Å²) < 4.78 is 13.8. The summed E-state index contributed by atoms with van der Waals surface area (Å²) in [6.45, 7) is 0. The van der Waals surface area contributed by atoms with E-state index in [2.05, 4.69) is 120 Å². The number of para-hydroxylation sites is 2. The second-order valence-electron chi connectivity index (χ2n) is 11.7. The zero-order valence-corrected chi connectivity index (χ0v) is 25.8. The first-order valence-corrected chi connectivity index (χ1v) is 16.9. The lowest BCUT2D eigenvalue weighted by Gasteiger charge is -2.10. The Morgan fingerprint density at radius 3 is 1.96 bits per heavy atom. The zero-order chi connectivity index (χ0) is 29.9. The van der Waals surface area contributed by atoms with Gasteiger partial charge in [0.1, 0.15) is 5.58 Å². The third kappa shape index (κ3) is 3.22. The third-order valence-corrected chi connectivity index (χ3v) is 11.7. The molecule has 11 rings (SSSR count). The molecule has 0 spiro atoms. The first-order chi connectivity index (χ1) is 22.8. The van der Waals surface area contributed by atoms with Gasteiger partial charge in [-0.1, -0.05) is 97.1 Å². The summed E-state index contributed by atoms with van der Waals surface area (Å²) >= 11 is 3.67. The molecule has 0 amide bonds. The van der Waals surface area contributed by atoms with Crippen molar-refractivity contribution in [2.45, 2.75) is 0 Å². The number of hydrogen-bond donors (Lipinski definition) is 0. The largest absolute Gasteiger partial charge is 0.437 e. The molecule has 0 aliphatic heterocycles. The molecule has 0 aliphatic rings. The van der Waals surface area contributed by atoms with Gasteiger partial charge in [0.05, 0.1) is 22.1 Å². The highest BCUT2D eigenvalue weighted by Gasteiger charge is 2.24. The lowest BCUT2D eigenvalue weighted by atomic mass is 10.0. The molecule has 0 bridgehead atoms. The van der Waals surface area contributed by atoms with Crippen LogP contribution in [0.4, 0.5) is 0 Å². The van der Waals surface area contributed by atoms with E-state index >= 15 is 0 Å². The van der Waals surface area contributed by atoms with E-state index in [9.17, 15) is 0 Å². The maximum atomic E-state index is 6.50. The number of fused-ring (bicyclic) bond motifs is 13. The fourth-order valence-corrected chi connectivity index (χ4v) is 9.77. The van der Waals surface area contributed by atoms with Gasteiger partial charge in [-0.05, 0) is 30.3 Å². The molecule has 6 aromatic carbocycles. The molecule has 46 heavy (non-hydrogen) atoms. The third-order valence-electron chi connectivity index (χ3n) is 9.27. The molecule has 0 N–H and O–H groups in total. The van der Waals surface area contributed by atoms with Gasteiger partial charge in [0, 0.05) is 62.1 Å². The molecule has 0 saturated heterocycles. The van der Waals surface area contributed by atoms with E-state index in [1.54, 1.807) is 0 Å². The maximum absolute atomic E-state index is 6.50. The van der Waals surface area contributed by atoms with Crippen molar-refractivity contribution in [1.82, 2.24) is 14.5 Å². The zero-order valence-electron chi connectivity index (χ0n) is 24.2. The lowest BCUT2D eigenvalue weighted by molar-refractivity contribution is 0.651. The highest BCUT2D eigenvalue weighted by molar-refractivity contribution is 7.27. The monoisotopic (exact) mass is 623 g/mol. The van der Waals surface area contributed by atoms with Crippen molar-refractivity contribution >= 4 is 107 Å². The van der Waals surface area contributed by atoms with Crippen molar-refractivity contribution in [2.75, 3.05) is 0 Å². The molecule has 0 aliphatic carbocycles. The van der Waals surface area contributed by atoms with Crippen molar-refractivity contribution in [1.29, 1.82) is 0 Å². The highest BCUT2D eigenvalue weighted by atomic mass is 32.1. The molecular formula is C40H21N3OS2. The van der Waals surface area contributed by atoms with Gasteiger partial charge in [-0.2, -0.15) is 4.98 Å². The smallest absolute Gasteiger partial charge is 0.238 e. The van der Waals surface area contributed by atoms with Crippen molar-refractivity contribution < 1.29 is 4.42 Å². The minimum absolute atomic E-state index is 0.591. The quantitative estimate of drug-likeness (QED) is 0.192. The number of aromatic nitrogens is 3. The SMILES string of the molecule is c1ccc2c(c1)oc1nc(-n3c4ccccc4c4c5sc6ccccc6c5ccc43)nc(-c3cccc4c3sc3ccccc34)c12. The Morgan fingerprint density at radius 1 is 0.478 bits per heavy atom. The predicted molar refractivity (Wildman–Crippen MR) is 195 cm³/mol. The van der Waals surface area contributed by atoms with E-state index in [0.717, 1.165) is 38.6 Å². The summed E-state index contributed by atoms with van der Waals surface area (Å²) in [4.78, 5) is 10.7. The van der Waals surface area contributed by atoms with Crippen LogP contribution in [-0.4, -0.2) is 14.5 Å². The fraction of sp³-hybridized carbons (Fsp3) is 0. The number of rotatable bonds is 2. The van der Waals surface area contributed by atoms with Gasteiger partial charge in [0.15, 0.2) is 0 Å². The molecule has 214 valence electrons. The number of furan rings is 1. The minimum atomic E-state index is 0.591. The van der Waals surface area contributed by atoms with Crippen LogP contribution in [0.2, 0.25) is 0 Å². The second kappa shape index (κ2) is 9.01. The predicted octanol–water partition coefficient (Wildman–Crippen LogP) is 11.9. The summed E-state index contributed by atoms with van der Waals surface area (Å²) in [6, 6.07) is 45.1. The minimum Gasteiger partial charge on any atom is -0.437 e. The number of thiophene rings is 2. The van der Waals surface area contributed by atoms with Crippen LogP contribution in [0.1, 0.15) is 0 Å². The molecule has 5 heterocycles. The van der Waals surface area contributed by atoms with Crippen molar-refractivity contribution in [3.05, 3.63) is 127 Å². The van der Waals surface area contributed by atoms with Crippen molar-refractivity contribution in [3.63, 3.8) is 0 Å². The number of hydrogen-bond acceptors (Lipinski definition) is 5. The molecular weight excluding hydrogens is 603 g/mol. The Kier molecular flexibility index (Phi) is 4.84. The average Bonchev–Trinajstić information content (AvgIpc) is 3.86. The first kappa shape index (κ1) is 24.7. The molecule has 0 atom stereocenters. The second-order valence-corrected chi connectivity index (χ2v) is 13.8. The van der Waals surface area contributed by atoms with Crippen LogP contribution in [0.15, 0.2) is 132 Å². The first-order valence-electron chi connectivity index (χ1n) is 15.3. The average molecular weight is 624 g/mol. The van der Waals surface area contributed by atoms with E-state index in [4.69, 9.17) is 14.4 Å². The van der Waals surface area contributed by atoms with Crippen LogP contribution in [0.3, 0.4) is 0 Å². The molecule has 0 unspecified atom stereocenters. The normalized spacial score (nSPS) is 12.3. The highest BCUT2D eigenvalue weighted by Crippen LogP contribution is 2.45. The van der Waals surface area contributed by atoms with E-state index in [1.807, 2.05) is 34.8 Å². The standard InChI is InChI=1S/C40H21N3OS2/c1-5-16-29-26(12-1)34-30(21-20-25-23-11-4-8-19-33(23)46-38(25)34)43(29)40-41-36(35-27-13-2-6-17-31(27)44-39(35)42-40)28-15-9-14-24-22-10-3-7-18-32(22)45-37(24)28/h1-21H. The van der Waals surface area contributed by atoms with Crippen LogP contribution in [0, 0.1) is 0 Å². The Labute approximate surface area is 269 Å². The van der Waals surface area contributed by atoms with E-state index in [1.165, 1.54) is 51.1 Å². The van der Waals surface area contributed by atoms with Crippen molar-refractivity contribution in [3.8, 4) is 17.2 Å². The van der Waals surface area contributed by atoms with Gasteiger partial charge in [-0.3, -0.25) is 4.57 Å². The van der Waals surface area contributed by atoms with Gasteiger partial charge in [0.2, 0.25) is 11.7 Å². The van der Waals surface area contributed by atoms with Crippen LogP contribution < -0.4 is 0 Å². The lowest BCUT2D eigenvalue weighted by Crippen LogP contribution is -2.02. The molecule has 4 nitrogen and oxygen atoms in total. The Bertz CT molecular complexity index is 3050. The number of benzene rings is 6. The van der Waals surface area contributed by atoms with E-state index in [-0.39, 0.29) is 0 Å².